The Labute approximate surface area is 161 Å². The standard InChI is InChI=1S/C20H21ClN2O2S/c1-4-25-10-9-23-18-14(3)11-13(2)12-17(18)26-20(23)22-19(24)15-7-5-6-8-16(15)21/h5-8,11-12H,4,9-10H2,1-3H3. The van der Waals surface area contributed by atoms with Crippen molar-refractivity contribution in [1.29, 1.82) is 0 Å². The molecule has 0 aliphatic rings. The molecular formula is C20H21ClN2O2S. The summed E-state index contributed by atoms with van der Waals surface area (Å²) in [5, 5.41) is 0.412. The van der Waals surface area contributed by atoms with Gasteiger partial charge in [-0.05, 0) is 50.1 Å². The van der Waals surface area contributed by atoms with Crippen LogP contribution in [0.4, 0.5) is 0 Å². The molecule has 0 saturated carbocycles. The molecular weight excluding hydrogens is 368 g/mol. The molecule has 0 unspecified atom stereocenters. The fourth-order valence-corrected chi connectivity index (χ4v) is 4.41. The maximum absolute atomic E-state index is 12.7. The number of amides is 1. The first-order valence-electron chi connectivity index (χ1n) is 8.53. The van der Waals surface area contributed by atoms with Gasteiger partial charge in [0.25, 0.3) is 5.91 Å². The van der Waals surface area contributed by atoms with E-state index in [-0.39, 0.29) is 5.91 Å². The Hall–Kier alpha value is -1.95. The number of hydrogen-bond donors (Lipinski definition) is 0. The molecule has 0 aliphatic carbocycles. The van der Waals surface area contributed by atoms with Crippen LogP contribution in [0.25, 0.3) is 10.2 Å². The van der Waals surface area contributed by atoms with E-state index >= 15 is 0 Å². The van der Waals surface area contributed by atoms with Gasteiger partial charge in [0.1, 0.15) is 0 Å². The van der Waals surface area contributed by atoms with Gasteiger partial charge in [-0.25, -0.2) is 0 Å². The number of thiazole rings is 1. The summed E-state index contributed by atoms with van der Waals surface area (Å²) in [5.41, 5.74) is 3.87. The summed E-state index contributed by atoms with van der Waals surface area (Å²) in [6.07, 6.45) is 0. The number of ether oxygens (including phenoxy) is 1. The first-order valence-corrected chi connectivity index (χ1v) is 9.72. The minimum atomic E-state index is -0.332. The molecule has 0 aliphatic heterocycles. The van der Waals surface area contributed by atoms with Gasteiger partial charge in [0.2, 0.25) is 0 Å². The number of benzene rings is 2. The van der Waals surface area contributed by atoms with Gasteiger partial charge in [-0.2, -0.15) is 4.99 Å². The molecule has 0 atom stereocenters. The van der Waals surface area contributed by atoms with Gasteiger partial charge in [0.05, 0.1) is 27.4 Å². The quantitative estimate of drug-likeness (QED) is 0.592. The Morgan fingerprint density at radius 2 is 2.04 bits per heavy atom. The van der Waals surface area contributed by atoms with Crippen LogP contribution in [0.2, 0.25) is 5.02 Å². The minimum absolute atomic E-state index is 0.332. The van der Waals surface area contributed by atoms with Crippen LogP contribution in [0.3, 0.4) is 0 Å². The molecule has 0 bridgehead atoms. The van der Waals surface area contributed by atoms with Crippen LogP contribution in [-0.4, -0.2) is 23.7 Å². The molecule has 0 fully saturated rings. The lowest BCUT2D eigenvalue weighted by atomic mass is 10.1. The zero-order chi connectivity index (χ0) is 18.7. The maximum atomic E-state index is 12.7. The molecule has 26 heavy (non-hydrogen) atoms. The highest BCUT2D eigenvalue weighted by Gasteiger charge is 2.13. The second kappa shape index (κ2) is 8.16. The number of aromatic nitrogens is 1. The smallest absolute Gasteiger partial charge is 0.281 e. The molecule has 136 valence electrons. The summed E-state index contributed by atoms with van der Waals surface area (Å²) in [5.74, 6) is -0.332. The fourth-order valence-electron chi connectivity index (χ4n) is 2.97. The van der Waals surface area contributed by atoms with Crippen molar-refractivity contribution in [3.05, 3.63) is 62.9 Å². The summed E-state index contributed by atoms with van der Waals surface area (Å²) in [6.45, 7) is 8.00. The molecule has 1 heterocycles. The largest absolute Gasteiger partial charge is 0.380 e. The molecule has 0 spiro atoms. The highest BCUT2D eigenvalue weighted by atomic mass is 35.5. The number of hydrogen-bond acceptors (Lipinski definition) is 3. The molecule has 0 radical (unpaired) electrons. The Morgan fingerprint density at radius 3 is 2.77 bits per heavy atom. The molecule has 6 heteroatoms. The van der Waals surface area contributed by atoms with Crippen LogP contribution < -0.4 is 4.80 Å². The predicted octanol–water partition coefficient (Wildman–Crippen LogP) is 4.75. The first kappa shape index (κ1) is 18.8. The van der Waals surface area contributed by atoms with Crippen molar-refractivity contribution in [3.63, 3.8) is 0 Å². The summed E-state index contributed by atoms with van der Waals surface area (Å²) < 4.78 is 8.70. The van der Waals surface area contributed by atoms with E-state index in [2.05, 4.69) is 35.5 Å². The van der Waals surface area contributed by atoms with E-state index < -0.39 is 0 Å². The van der Waals surface area contributed by atoms with E-state index in [1.54, 1.807) is 24.3 Å². The third kappa shape index (κ3) is 3.90. The molecule has 4 nitrogen and oxygen atoms in total. The van der Waals surface area contributed by atoms with Crippen LogP contribution in [0.1, 0.15) is 28.4 Å². The average molecular weight is 389 g/mol. The van der Waals surface area contributed by atoms with Crippen LogP contribution in [0, 0.1) is 13.8 Å². The van der Waals surface area contributed by atoms with Crippen molar-refractivity contribution in [3.8, 4) is 0 Å². The zero-order valence-corrected chi connectivity index (χ0v) is 16.7. The second-order valence-electron chi connectivity index (χ2n) is 6.06. The lowest BCUT2D eigenvalue weighted by Crippen LogP contribution is -2.20. The van der Waals surface area contributed by atoms with Gasteiger partial charge in [-0.15, -0.1) is 0 Å². The first-order chi connectivity index (χ1) is 12.5. The third-order valence-electron chi connectivity index (χ3n) is 4.08. The van der Waals surface area contributed by atoms with E-state index in [1.165, 1.54) is 22.5 Å². The highest BCUT2D eigenvalue weighted by molar-refractivity contribution is 7.16. The minimum Gasteiger partial charge on any atom is -0.380 e. The van der Waals surface area contributed by atoms with Gasteiger partial charge in [-0.3, -0.25) is 4.79 Å². The van der Waals surface area contributed by atoms with Crippen LogP contribution >= 0.6 is 22.9 Å². The molecule has 3 rings (SSSR count). The summed E-state index contributed by atoms with van der Waals surface area (Å²) in [7, 11) is 0. The topological polar surface area (TPSA) is 43.6 Å². The van der Waals surface area contributed by atoms with Crippen molar-refractivity contribution >= 4 is 39.1 Å². The fraction of sp³-hybridized carbons (Fsp3) is 0.300. The van der Waals surface area contributed by atoms with E-state index in [4.69, 9.17) is 16.3 Å². The van der Waals surface area contributed by atoms with Crippen LogP contribution in [0.5, 0.6) is 0 Å². The number of rotatable bonds is 5. The van der Waals surface area contributed by atoms with Gasteiger partial charge < -0.3 is 9.30 Å². The van der Waals surface area contributed by atoms with Crippen molar-refractivity contribution in [2.45, 2.75) is 27.3 Å². The molecule has 3 aromatic rings. The van der Waals surface area contributed by atoms with Crippen molar-refractivity contribution < 1.29 is 9.53 Å². The summed E-state index contributed by atoms with van der Waals surface area (Å²) in [4.78, 5) is 17.7. The van der Waals surface area contributed by atoms with Crippen LogP contribution in [0.15, 0.2) is 41.4 Å². The van der Waals surface area contributed by atoms with E-state index in [0.717, 1.165) is 10.2 Å². The van der Waals surface area contributed by atoms with E-state index in [0.29, 0.717) is 35.1 Å². The Morgan fingerprint density at radius 1 is 1.27 bits per heavy atom. The molecule has 0 saturated heterocycles. The van der Waals surface area contributed by atoms with Crippen molar-refractivity contribution in [2.75, 3.05) is 13.2 Å². The van der Waals surface area contributed by atoms with Gasteiger partial charge in [0.15, 0.2) is 4.80 Å². The zero-order valence-electron chi connectivity index (χ0n) is 15.1. The Kier molecular flexibility index (Phi) is 5.91. The molecule has 1 amide bonds. The van der Waals surface area contributed by atoms with Crippen molar-refractivity contribution in [1.82, 2.24) is 4.57 Å². The van der Waals surface area contributed by atoms with Crippen LogP contribution in [-0.2, 0) is 11.3 Å². The number of nitrogens with zero attached hydrogens (tertiary/aromatic N) is 2. The van der Waals surface area contributed by atoms with Gasteiger partial charge in [-0.1, -0.05) is 41.1 Å². The molecule has 0 N–H and O–H groups in total. The lowest BCUT2D eigenvalue weighted by molar-refractivity contribution is 0.0997. The Bertz CT molecular complexity index is 1020. The van der Waals surface area contributed by atoms with Gasteiger partial charge >= 0.3 is 0 Å². The summed E-state index contributed by atoms with van der Waals surface area (Å²) >= 11 is 7.66. The third-order valence-corrected chi connectivity index (χ3v) is 5.43. The summed E-state index contributed by atoms with van der Waals surface area (Å²) in [6, 6.07) is 11.3. The number of halogens is 1. The average Bonchev–Trinajstić information content (AvgIpc) is 2.92. The predicted molar refractivity (Wildman–Crippen MR) is 107 cm³/mol. The normalized spacial score (nSPS) is 12.1. The monoisotopic (exact) mass is 388 g/mol. The maximum Gasteiger partial charge on any atom is 0.281 e. The highest BCUT2D eigenvalue weighted by Crippen LogP contribution is 2.23. The number of carbonyl (C=O) groups excluding carboxylic acids is 1. The lowest BCUT2D eigenvalue weighted by Gasteiger charge is -2.08. The SMILES string of the molecule is CCOCCn1c(=NC(=O)c2ccccc2Cl)sc2cc(C)cc(C)c21. The second-order valence-corrected chi connectivity index (χ2v) is 7.47. The number of fused-ring (bicyclic) bond motifs is 1. The number of carbonyl (C=O) groups is 1. The van der Waals surface area contributed by atoms with Crippen molar-refractivity contribution in [2.24, 2.45) is 4.99 Å². The Balaban J connectivity index is 2.14. The molecule has 2 aromatic carbocycles. The van der Waals surface area contributed by atoms with E-state index in [9.17, 15) is 4.79 Å². The van der Waals surface area contributed by atoms with Gasteiger partial charge in [0, 0.05) is 13.2 Å². The number of aryl methyl sites for hydroxylation is 2. The van der Waals surface area contributed by atoms with E-state index in [1.807, 2.05) is 6.92 Å². The molecule has 1 aromatic heterocycles.